The monoisotopic (exact) mass is 378 g/mol. The fraction of sp³-hybridized carbons (Fsp3) is 0.462. The Morgan fingerprint density at radius 2 is 2.10 bits per heavy atom. The van der Waals surface area contributed by atoms with E-state index in [1.807, 2.05) is 19.1 Å². The summed E-state index contributed by atoms with van der Waals surface area (Å²) >= 11 is 3.34. The van der Waals surface area contributed by atoms with Crippen molar-refractivity contribution < 1.29 is 17.9 Å². The number of anilines is 1. The van der Waals surface area contributed by atoms with Crippen LogP contribution in [0.1, 0.15) is 5.56 Å². The Kier molecular flexibility index (Phi) is 6.79. The first-order chi connectivity index (χ1) is 9.74. The minimum Gasteiger partial charge on any atom is -0.383 e. The third-order valence-corrected chi connectivity index (χ3v) is 4.54. The van der Waals surface area contributed by atoms with Gasteiger partial charge in [0.2, 0.25) is 15.9 Å². The number of hydrogen-bond donors (Lipinski definition) is 1. The molecule has 1 rings (SSSR count). The van der Waals surface area contributed by atoms with Crippen LogP contribution in [0.15, 0.2) is 22.7 Å². The lowest BCUT2D eigenvalue weighted by Gasteiger charge is -2.19. The average molecular weight is 379 g/mol. The molecule has 0 aliphatic rings. The molecule has 0 fully saturated rings. The molecule has 0 aromatic heterocycles. The van der Waals surface area contributed by atoms with Crippen molar-refractivity contribution in [2.75, 3.05) is 38.4 Å². The van der Waals surface area contributed by atoms with E-state index >= 15 is 0 Å². The van der Waals surface area contributed by atoms with Gasteiger partial charge in [-0.05, 0) is 30.7 Å². The summed E-state index contributed by atoms with van der Waals surface area (Å²) in [5, 5.41) is 2.71. The number of carbonyl (C=O) groups excluding carboxylic acids is 1. The van der Waals surface area contributed by atoms with Crippen molar-refractivity contribution in [2.24, 2.45) is 0 Å². The van der Waals surface area contributed by atoms with Crippen LogP contribution in [0.25, 0.3) is 0 Å². The minimum absolute atomic E-state index is 0.141. The summed E-state index contributed by atoms with van der Waals surface area (Å²) in [4.78, 5) is 12.0. The number of benzene rings is 1. The molecule has 6 nitrogen and oxygen atoms in total. The lowest BCUT2D eigenvalue weighted by atomic mass is 10.2. The first kappa shape index (κ1) is 18.1. The number of nitrogens with one attached hydrogen (secondary N) is 1. The summed E-state index contributed by atoms with van der Waals surface area (Å²) in [5.41, 5.74) is 1.55. The molecule has 0 bridgehead atoms. The third kappa shape index (κ3) is 6.13. The molecule has 0 saturated heterocycles. The summed E-state index contributed by atoms with van der Waals surface area (Å²) in [6, 6.07) is 5.44. The zero-order chi connectivity index (χ0) is 16.0. The number of hydrogen-bond acceptors (Lipinski definition) is 4. The summed E-state index contributed by atoms with van der Waals surface area (Å²) in [6.45, 7) is 2.00. The number of amides is 1. The fourth-order valence-corrected chi connectivity index (χ4v) is 2.91. The van der Waals surface area contributed by atoms with E-state index in [4.69, 9.17) is 4.74 Å². The van der Waals surface area contributed by atoms with Crippen molar-refractivity contribution in [2.45, 2.75) is 6.92 Å². The van der Waals surface area contributed by atoms with Crippen molar-refractivity contribution in [3.8, 4) is 0 Å². The molecule has 0 atom stereocenters. The number of rotatable bonds is 7. The standard InChI is InChI=1S/C13H19BrN2O4S/c1-10-8-11(14)4-5-12(10)15-13(17)9-16(6-7-20-2)21(3,18)19/h4-5,8H,6-7,9H2,1-3H3,(H,15,17). The normalized spacial score (nSPS) is 11.7. The van der Waals surface area contributed by atoms with E-state index in [1.54, 1.807) is 6.07 Å². The maximum absolute atomic E-state index is 12.0. The van der Waals surface area contributed by atoms with Gasteiger partial charge in [-0.1, -0.05) is 15.9 Å². The molecule has 1 aromatic rings. The molecular formula is C13H19BrN2O4S. The second-order valence-electron chi connectivity index (χ2n) is 4.60. The molecule has 0 aliphatic carbocycles. The highest BCUT2D eigenvalue weighted by Gasteiger charge is 2.20. The molecule has 118 valence electrons. The maximum Gasteiger partial charge on any atom is 0.239 e. The number of halogens is 1. The third-order valence-electron chi connectivity index (χ3n) is 2.80. The topological polar surface area (TPSA) is 75.7 Å². The Morgan fingerprint density at radius 3 is 2.62 bits per heavy atom. The number of ether oxygens (including phenoxy) is 1. The van der Waals surface area contributed by atoms with E-state index in [1.165, 1.54) is 7.11 Å². The molecule has 0 saturated carbocycles. The Labute approximate surface area is 133 Å². The maximum atomic E-state index is 12.0. The highest BCUT2D eigenvalue weighted by molar-refractivity contribution is 9.10. The van der Waals surface area contributed by atoms with Crippen LogP contribution in [0.3, 0.4) is 0 Å². The molecule has 0 aliphatic heterocycles. The van der Waals surface area contributed by atoms with Gasteiger partial charge >= 0.3 is 0 Å². The van der Waals surface area contributed by atoms with Crippen LogP contribution >= 0.6 is 15.9 Å². The van der Waals surface area contributed by atoms with Crippen LogP contribution in [0.4, 0.5) is 5.69 Å². The molecule has 1 N–H and O–H groups in total. The Hall–Kier alpha value is -0.960. The molecule has 8 heteroatoms. The van der Waals surface area contributed by atoms with Gasteiger partial charge in [-0.25, -0.2) is 8.42 Å². The van der Waals surface area contributed by atoms with Crippen LogP contribution in [0, 0.1) is 6.92 Å². The first-order valence-electron chi connectivity index (χ1n) is 6.24. The number of sulfonamides is 1. The highest BCUT2D eigenvalue weighted by Crippen LogP contribution is 2.20. The van der Waals surface area contributed by atoms with Gasteiger partial charge in [0, 0.05) is 23.8 Å². The molecule has 0 spiro atoms. The number of carbonyl (C=O) groups is 1. The Balaban J connectivity index is 2.74. The minimum atomic E-state index is -3.46. The van der Waals surface area contributed by atoms with Gasteiger partial charge in [0.05, 0.1) is 19.4 Å². The van der Waals surface area contributed by atoms with Gasteiger partial charge in [0.25, 0.3) is 0 Å². The van der Waals surface area contributed by atoms with Crippen molar-refractivity contribution in [3.63, 3.8) is 0 Å². The van der Waals surface area contributed by atoms with E-state index in [0.717, 1.165) is 20.6 Å². The van der Waals surface area contributed by atoms with E-state index in [-0.39, 0.29) is 25.6 Å². The van der Waals surface area contributed by atoms with E-state index in [2.05, 4.69) is 21.2 Å². The summed E-state index contributed by atoms with van der Waals surface area (Å²) in [7, 11) is -1.98. The fourth-order valence-electron chi connectivity index (χ4n) is 1.67. The lowest BCUT2D eigenvalue weighted by Crippen LogP contribution is -2.39. The van der Waals surface area contributed by atoms with Gasteiger partial charge in [0.1, 0.15) is 0 Å². The predicted molar refractivity (Wildman–Crippen MR) is 85.8 cm³/mol. The van der Waals surface area contributed by atoms with Crippen LogP contribution in [0.5, 0.6) is 0 Å². The van der Waals surface area contributed by atoms with Gasteiger partial charge in [-0.15, -0.1) is 0 Å². The van der Waals surface area contributed by atoms with Gasteiger partial charge < -0.3 is 10.1 Å². The molecule has 0 radical (unpaired) electrons. The second-order valence-corrected chi connectivity index (χ2v) is 7.49. The quantitative estimate of drug-likeness (QED) is 0.781. The van der Waals surface area contributed by atoms with Crippen molar-refractivity contribution in [1.29, 1.82) is 0 Å². The van der Waals surface area contributed by atoms with Crippen LogP contribution in [-0.2, 0) is 19.6 Å². The average Bonchev–Trinajstić information content (AvgIpc) is 2.36. The zero-order valence-electron chi connectivity index (χ0n) is 12.2. The highest BCUT2D eigenvalue weighted by atomic mass is 79.9. The van der Waals surface area contributed by atoms with Gasteiger partial charge in [0.15, 0.2) is 0 Å². The number of nitrogens with zero attached hydrogens (tertiary/aromatic N) is 1. The summed E-state index contributed by atoms with van der Waals surface area (Å²) in [6.07, 6.45) is 1.07. The van der Waals surface area contributed by atoms with Crippen LogP contribution in [-0.4, -0.2) is 51.7 Å². The molecule has 1 aromatic carbocycles. The van der Waals surface area contributed by atoms with Crippen LogP contribution < -0.4 is 5.32 Å². The van der Waals surface area contributed by atoms with Crippen molar-refractivity contribution in [3.05, 3.63) is 28.2 Å². The van der Waals surface area contributed by atoms with Gasteiger partial charge in [-0.3, -0.25) is 4.79 Å². The van der Waals surface area contributed by atoms with E-state index in [0.29, 0.717) is 5.69 Å². The Bertz CT molecular complexity index is 604. The van der Waals surface area contributed by atoms with E-state index in [9.17, 15) is 13.2 Å². The lowest BCUT2D eigenvalue weighted by molar-refractivity contribution is -0.116. The number of methoxy groups -OCH3 is 1. The zero-order valence-corrected chi connectivity index (χ0v) is 14.6. The SMILES string of the molecule is COCCN(CC(=O)Nc1ccc(Br)cc1C)S(C)(=O)=O. The van der Waals surface area contributed by atoms with E-state index < -0.39 is 10.0 Å². The summed E-state index contributed by atoms with van der Waals surface area (Å²) in [5.74, 6) is -0.387. The first-order valence-corrected chi connectivity index (χ1v) is 8.88. The predicted octanol–water partition coefficient (Wildman–Crippen LogP) is 1.60. The molecule has 0 unspecified atom stereocenters. The number of aryl methyl sites for hydroxylation is 1. The molecule has 0 heterocycles. The second kappa shape index (κ2) is 7.88. The molecular weight excluding hydrogens is 360 g/mol. The molecule has 21 heavy (non-hydrogen) atoms. The molecule has 1 amide bonds. The van der Waals surface area contributed by atoms with Gasteiger partial charge in [-0.2, -0.15) is 4.31 Å². The largest absolute Gasteiger partial charge is 0.383 e. The Morgan fingerprint density at radius 1 is 1.43 bits per heavy atom. The van der Waals surface area contributed by atoms with Crippen molar-refractivity contribution in [1.82, 2.24) is 4.31 Å². The van der Waals surface area contributed by atoms with Crippen LogP contribution in [0.2, 0.25) is 0 Å². The van der Waals surface area contributed by atoms with Crippen molar-refractivity contribution >= 4 is 37.5 Å². The summed E-state index contributed by atoms with van der Waals surface area (Å²) < 4.78 is 30.1. The smallest absolute Gasteiger partial charge is 0.239 e.